The molecule has 2 aliphatic rings. The van der Waals surface area contributed by atoms with Crippen molar-refractivity contribution >= 4 is 5.78 Å². The first-order valence-electron chi connectivity index (χ1n) is 9.76. The fourth-order valence-corrected chi connectivity index (χ4v) is 4.67. The van der Waals surface area contributed by atoms with Gasteiger partial charge in [-0.25, -0.2) is 9.50 Å². The summed E-state index contributed by atoms with van der Waals surface area (Å²) in [7, 11) is 0. The number of likely N-dealkylation sites (tertiary alicyclic amines) is 1. The summed E-state index contributed by atoms with van der Waals surface area (Å²) in [5, 5.41) is 4.41. The van der Waals surface area contributed by atoms with Crippen LogP contribution in [0.2, 0.25) is 0 Å². The van der Waals surface area contributed by atoms with Gasteiger partial charge in [0.2, 0.25) is 0 Å². The van der Waals surface area contributed by atoms with Crippen LogP contribution in [0.1, 0.15) is 53.3 Å². The van der Waals surface area contributed by atoms with Crippen LogP contribution >= 0.6 is 0 Å². The average molecular weight is 347 g/mol. The summed E-state index contributed by atoms with van der Waals surface area (Å²) in [5.41, 5.74) is 6.87. The second-order valence-electron chi connectivity index (χ2n) is 7.83. The zero-order valence-corrected chi connectivity index (χ0v) is 15.4. The molecule has 1 saturated heterocycles. The van der Waals surface area contributed by atoms with Crippen LogP contribution in [0.4, 0.5) is 0 Å². The molecule has 1 aliphatic heterocycles. The summed E-state index contributed by atoms with van der Waals surface area (Å²) < 4.78 is 1.93. The highest BCUT2D eigenvalue weighted by Crippen LogP contribution is 2.29. The van der Waals surface area contributed by atoms with Crippen molar-refractivity contribution in [3.8, 4) is 0 Å². The molecule has 3 heterocycles. The number of benzene rings is 1. The van der Waals surface area contributed by atoms with E-state index in [2.05, 4.69) is 44.2 Å². The van der Waals surface area contributed by atoms with Crippen molar-refractivity contribution in [2.75, 3.05) is 13.1 Å². The second kappa shape index (κ2) is 6.47. The van der Waals surface area contributed by atoms with E-state index in [4.69, 9.17) is 0 Å². The number of rotatable bonds is 3. The van der Waals surface area contributed by atoms with Crippen LogP contribution in [0.25, 0.3) is 5.78 Å². The number of aryl methyl sites for hydroxylation is 3. The molecule has 5 nitrogen and oxygen atoms in total. The van der Waals surface area contributed by atoms with Gasteiger partial charge in [-0.05, 0) is 68.3 Å². The van der Waals surface area contributed by atoms with E-state index in [1.807, 2.05) is 11.4 Å². The van der Waals surface area contributed by atoms with Gasteiger partial charge < -0.3 is 0 Å². The van der Waals surface area contributed by atoms with Crippen LogP contribution in [-0.4, -0.2) is 37.6 Å². The lowest BCUT2D eigenvalue weighted by Crippen LogP contribution is -2.34. The largest absolute Gasteiger partial charge is 0.298 e. The second-order valence-corrected chi connectivity index (χ2v) is 7.83. The maximum Gasteiger partial charge on any atom is 0.252 e. The van der Waals surface area contributed by atoms with Crippen LogP contribution < -0.4 is 0 Å². The Morgan fingerprint density at radius 3 is 3.00 bits per heavy atom. The van der Waals surface area contributed by atoms with Gasteiger partial charge in [-0.3, -0.25) is 4.90 Å². The van der Waals surface area contributed by atoms with Crippen LogP contribution in [0.3, 0.4) is 0 Å². The molecule has 0 spiro atoms. The topological polar surface area (TPSA) is 46.3 Å². The van der Waals surface area contributed by atoms with Gasteiger partial charge in [0.25, 0.3) is 5.78 Å². The van der Waals surface area contributed by atoms with Gasteiger partial charge in [0.1, 0.15) is 6.33 Å². The Morgan fingerprint density at radius 2 is 2.04 bits per heavy atom. The van der Waals surface area contributed by atoms with E-state index < -0.39 is 0 Å². The Hall–Kier alpha value is -2.27. The zero-order chi connectivity index (χ0) is 17.5. The fourth-order valence-electron chi connectivity index (χ4n) is 4.67. The molecule has 1 atom stereocenters. The molecule has 1 aliphatic carbocycles. The van der Waals surface area contributed by atoms with Gasteiger partial charge >= 0.3 is 0 Å². The molecule has 5 rings (SSSR count). The van der Waals surface area contributed by atoms with Crippen LogP contribution in [0, 0.1) is 6.92 Å². The van der Waals surface area contributed by atoms with Gasteiger partial charge in [-0.15, -0.1) is 0 Å². The molecule has 1 aromatic carbocycles. The molecular formula is C21H25N5. The number of aromatic nitrogens is 4. The lowest BCUT2D eigenvalue weighted by Gasteiger charge is -2.33. The van der Waals surface area contributed by atoms with Gasteiger partial charge in [0, 0.05) is 24.7 Å². The van der Waals surface area contributed by atoms with E-state index in [9.17, 15) is 0 Å². The van der Waals surface area contributed by atoms with E-state index in [0.717, 1.165) is 24.6 Å². The Balaban J connectivity index is 1.37. The molecule has 0 saturated carbocycles. The number of nitrogens with zero attached hydrogens (tertiary/aromatic N) is 5. The first kappa shape index (κ1) is 15.9. The van der Waals surface area contributed by atoms with Crippen molar-refractivity contribution < 1.29 is 0 Å². The fraction of sp³-hybridized carbons (Fsp3) is 0.476. The van der Waals surface area contributed by atoms with Crippen LogP contribution in [0.15, 0.2) is 30.6 Å². The third-order valence-electron chi connectivity index (χ3n) is 5.90. The monoisotopic (exact) mass is 347 g/mol. The molecule has 1 unspecified atom stereocenters. The number of piperidine rings is 1. The van der Waals surface area contributed by atoms with Gasteiger partial charge in [-0.2, -0.15) is 10.1 Å². The van der Waals surface area contributed by atoms with Gasteiger partial charge in [0.05, 0.1) is 5.69 Å². The number of hydrogen-bond acceptors (Lipinski definition) is 4. The van der Waals surface area contributed by atoms with Crippen LogP contribution in [-0.2, 0) is 19.4 Å². The normalized spacial score (nSPS) is 20.6. The number of hydrogen-bond donors (Lipinski definition) is 0. The lowest BCUT2D eigenvalue weighted by atomic mass is 9.93. The average Bonchev–Trinajstić information content (AvgIpc) is 3.29. The van der Waals surface area contributed by atoms with Crippen molar-refractivity contribution in [2.24, 2.45) is 0 Å². The quantitative estimate of drug-likeness (QED) is 0.729. The maximum absolute atomic E-state index is 4.49. The summed E-state index contributed by atoms with van der Waals surface area (Å²) >= 11 is 0. The Bertz CT molecular complexity index is 945. The van der Waals surface area contributed by atoms with E-state index in [-0.39, 0.29) is 0 Å². The summed E-state index contributed by atoms with van der Waals surface area (Å²) in [6.07, 6.45) is 7.88. The highest BCUT2D eigenvalue weighted by Gasteiger charge is 2.24. The molecule has 134 valence electrons. The van der Waals surface area contributed by atoms with Crippen molar-refractivity contribution in [1.29, 1.82) is 0 Å². The third kappa shape index (κ3) is 2.90. The minimum absolute atomic E-state index is 0.490. The number of fused-ring (bicyclic) bond motifs is 2. The SMILES string of the molecule is Cc1cc(C2CCCN(Cc3ccc4c(c3)CCC4)C2)n2ncnc2n1. The highest BCUT2D eigenvalue weighted by atomic mass is 15.3. The molecule has 3 aromatic rings. The molecule has 1 fully saturated rings. The Kier molecular flexibility index (Phi) is 3.97. The van der Waals surface area contributed by atoms with Gasteiger partial charge in [-0.1, -0.05) is 18.2 Å². The maximum atomic E-state index is 4.49. The van der Waals surface area contributed by atoms with E-state index in [0.29, 0.717) is 5.92 Å². The molecule has 0 radical (unpaired) electrons. The molecule has 26 heavy (non-hydrogen) atoms. The molecule has 5 heteroatoms. The van der Waals surface area contributed by atoms with E-state index in [1.165, 1.54) is 49.9 Å². The predicted molar refractivity (Wildman–Crippen MR) is 101 cm³/mol. The van der Waals surface area contributed by atoms with Crippen molar-refractivity contribution in [2.45, 2.75) is 51.5 Å². The molecule has 2 aromatic heterocycles. The third-order valence-corrected chi connectivity index (χ3v) is 5.90. The first-order valence-corrected chi connectivity index (χ1v) is 9.76. The summed E-state index contributed by atoms with van der Waals surface area (Å²) in [6.45, 7) is 5.35. The smallest absolute Gasteiger partial charge is 0.252 e. The Labute approximate surface area is 154 Å². The van der Waals surface area contributed by atoms with E-state index in [1.54, 1.807) is 17.5 Å². The predicted octanol–water partition coefficient (Wildman–Crippen LogP) is 3.30. The standard InChI is InChI=1S/C21H25N5/c1-15-10-20(26-21(24-15)22-14-23-26)19-6-3-9-25(13-19)12-16-7-8-17-4-2-5-18(17)11-16/h7-8,10-11,14,19H,2-6,9,12-13H2,1H3. The van der Waals surface area contributed by atoms with Gasteiger partial charge in [0.15, 0.2) is 0 Å². The molecule has 0 N–H and O–H groups in total. The minimum atomic E-state index is 0.490. The van der Waals surface area contributed by atoms with Crippen molar-refractivity contribution in [3.63, 3.8) is 0 Å². The molecule has 0 bridgehead atoms. The summed E-state index contributed by atoms with van der Waals surface area (Å²) in [6, 6.07) is 9.31. The minimum Gasteiger partial charge on any atom is -0.298 e. The van der Waals surface area contributed by atoms with Crippen LogP contribution in [0.5, 0.6) is 0 Å². The summed E-state index contributed by atoms with van der Waals surface area (Å²) in [4.78, 5) is 11.4. The van der Waals surface area contributed by atoms with Crippen molar-refractivity contribution in [3.05, 3.63) is 58.7 Å². The summed E-state index contributed by atoms with van der Waals surface area (Å²) in [5.74, 6) is 1.21. The first-order chi connectivity index (χ1) is 12.8. The van der Waals surface area contributed by atoms with E-state index >= 15 is 0 Å². The lowest BCUT2D eigenvalue weighted by molar-refractivity contribution is 0.197. The highest BCUT2D eigenvalue weighted by molar-refractivity contribution is 5.35. The van der Waals surface area contributed by atoms with Crippen molar-refractivity contribution in [1.82, 2.24) is 24.5 Å². The zero-order valence-electron chi connectivity index (χ0n) is 15.4. The Morgan fingerprint density at radius 1 is 1.12 bits per heavy atom. The molecule has 0 amide bonds. The molecular weight excluding hydrogens is 322 g/mol.